The fourth-order valence-electron chi connectivity index (χ4n) is 4.75. The molecule has 1 heterocycles. The summed E-state index contributed by atoms with van der Waals surface area (Å²) < 4.78 is 6.34. The first-order chi connectivity index (χ1) is 17.5. The van der Waals surface area contributed by atoms with Crippen molar-refractivity contribution < 1.29 is 19.4 Å². The molecular formula is C30H31Cl2NO4. The molecule has 1 amide bonds. The van der Waals surface area contributed by atoms with Crippen molar-refractivity contribution in [2.45, 2.75) is 58.1 Å². The van der Waals surface area contributed by atoms with Gasteiger partial charge >= 0.3 is 5.97 Å². The van der Waals surface area contributed by atoms with Crippen LogP contribution in [0.1, 0.15) is 65.7 Å². The first-order valence-electron chi connectivity index (χ1n) is 12.4. The number of carbonyl (C=O) groups is 2. The van der Waals surface area contributed by atoms with Crippen molar-refractivity contribution in [3.63, 3.8) is 0 Å². The number of ether oxygens (including phenoxy) is 1. The second-order valence-electron chi connectivity index (χ2n) is 10.2. The minimum Gasteiger partial charge on any atom is -0.487 e. The van der Waals surface area contributed by atoms with E-state index in [1.807, 2.05) is 12.1 Å². The Morgan fingerprint density at radius 3 is 2.49 bits per heavy atom. The SMILES string of the molecule is CC(C)c1ccc(CC2(C)Cc3cc(C(=O)N(CCC(=O)O)Cc4cccc(Cl)c4Cl)ccc3O2)cc1. The Hall–Kier alpha value is -3.02. The lowest BCUT2D eigenvalue weighted by atomic mass is 9.90. The molecule has 37 heavy (non-hydrogen) atoms. The number of nitrogens with zero attached hydrogens (tertiary/aromatic N) is 1. The molecule has 0 aromatic heterocycles. The summed E-state index contributed by atoms with van der Waals surface area (Å²) in [7, 11) is 0. The molecule has 0 saturated heterocycles. The van der Waals surface area contributed by atoms with Crippen molar-refractivity contribution in [1.82, 2.24) is 4.90 Å². The fourth-order valence-corrected chi connectivity index (χ4v) is 5.13. The molecule has 1 N–H and O–H groups in total. The van der Waals surface area contributed by atoms with Gasteiger partial charge in [-0.25, -0.2) is 0 Å². The Morgan fingerprint density at radius 1 is 1.08 bits per heavy atom. The van der Waals surface area contributed by atoms with Gasteiger partial charge in [-0.15, -0.1) is 0 Å². The number of halogens is 2. The molecule has 5 nitrogen and oxygen atoms in total. The third-order valence-electron chi connectivity index (χ3n) is 6.73. The van der Waals surface area contributed by atoms with E-state index in [2.05, 4.69) is 45.0 Å². The van der Waals surface area contributed by atoms with Crippen molar-refractivity contribution in [3.8, 4) is 5.75 Å². The van der Waals surface area contributed by atoms with Crippen LogP contribution < -0.4 is 4.74 Å². The van der Waals surface area contributed by atoms with E-state index in [4.69, 9.17) is 27.9 Å². The molecule has 0 spiro atoms. The van der Waals surface area contributed by atoms with Crippen LogP contribution in [0.25, 0.3) is 0 Å². The quantitative estimate of drug-likeness (QED) is 0.313. The third-order valence-corrected chi connectivity index (χ3v) is 7.59. The van der Waals surface area contributed by atoms with E-state index in [1.165, 1.54) is 16.0 Å². The first-order valence-corrected chi connectivity index (χ1v) is 13.1. The molecule has 0 fully saturated rings. The number of amides is 1. The maximum absolute atomic E-state index is 13.5. The topological polar surface area (TPSA) is 66.8 Å². The summed E-state index contributed by atoms with van der Waals surface area (Å²) in [6, 6.07) is 19.3. The summed E-state index contributed by atoms with van der Waals surface area (Å²) in [5.74, 6) is 0.0119. The molecular weight excluding hydrogens is 509 g/mol. The predicted octanol–water partition coefficient (Wildman–Crippen LogP) is 7.17. The third kappa shape index (κ3) is 6.46. The van der Waals surface area contributed by atoms with Crippen LogP contribution in [-0.2, 0) is 24.2 Å². The fraction of sp³-hybridized carbons (Fsp3) is 0.333. The van der Waals surface area contributed by atoms with E-state index >= 15 is 0 Å². The molecule has 4 rings (SSSR count). The molecule has 0 saturated carbocycles. The maximum atomic E-state index is 13.5. The summed E-state index contributed by atoms with van der Waals surface area (Å²) >= 11 is 12.5. The highest BCUT2D eigenvalue weighted by Gasteiger charge is 2.35. The molecule has 0 bridgehead atoms. The predicted molar refractivity (Wildman–Crippen MR) is 147 cm³/mol. The standard InChI is InChI=1S/C30H31Cl2NO4/c1-19(2)21-9-7-20(8-10-21)16-30(3)17-24-15-22(11-12-26(24)37-30)29(36)33(14-13-27(34)35)18-23-5-4-6-25(31)28(23)32/h4-12,15,19H,13-14,16-18H2,1-3H3,(H,34,35). The van der Waals surface area contributed by atoms with Gasteiger partial charge in [0.15, 0.2) is 0 Å². The Labute approximate surface area is 228 Å². The number of benzene rings is 3. The Bertz CT molecular complexity index is 1310. The number of hydrogen-bond donors (Lipinski definition) is 1. The second kappa shape index (κ2) is 11.2. The molecule has 1 aliphatic rings. The lowest BCUT2D eigenvalue weighted by Crippen LogP contribution is -2.33. The molecule has 0 aliphatic carbocycles. The van der Waals surface area contributed by atoms with Crippen molar-refractivity contribution in [1.29, 1.82) is 0 Å². The molecule has 3 aromatic rings. The van der Waals surface area contributed by atoms with Crippen LogP contribution in [0.3, 0.4) is 0 Å². The maximum Gasteiger partial charge on any atom is 0.305 e. The lowest BCUT2D eigenvalue weighted by molar-refractivity contribution is -0.137. The van der Waals surface area contributed by atoms with Crippen molar-refractivity contribution in [2.24, 2.45) is 0 Å². The molecule has 1 atom stereocenters. The van der Waals surface area contributed by atoms with Gasteiger partial charge in [-0.05, 0) is 59.4 Å². The van der Waals surface area contributed by atoms with Crippen molar-refractivity contribution >= 4 is 35.1 Å². The Balaban J connectivity index is 1.52. The Kier molecular flexibility index (Phi) is 8.15. The summed E-state index contributed by atoms with van der Waals surface area (Å²) in [6.07, 6.45) is 1.25. The Morgan fingerprint density at radius 2 is 1.81 bits per heavy atom. The first kappa shape index (κ1) is 27.0. The van der Waals surface area contributed by atoms with E-state index in [1.54, 1.807) is 24.3 Å². The van der Waals surface area contributed by atoms with Gasteiger partial charge in [0, 0.05) is 31.5 Å². The highest BCUT2D eigenvalue weighted by Crippen LogP contribution is 2.38. The number of carboxylic acid groups (broad SMARTS) is 1. The van der Waals surface area contributed by atoms with E-state index in [9.17, 15) is 14.7 Å². The summed E-state index contributed by atoms with van der Waals surface area (Å²) in [5, 5.41) is 9.97. The minimum absolute atomic E-state index is 0.0503. The van der Waals surface area contributed by atoms with Gasteiger partial charge < -0.3 is 14.7 Å². The molecule has 7 heteroatoms. The van der Waals surface area contributed by atoms with E-state index in [0.717, 1.165) is 17.7 Å². The van der Waals surface area contributed by atoms with Gasteiger partial charge in [-0.3, -0.25) is 9.59 Å². The van der Waals surface area contributed by atoms with Crippen LogP contribution in [0.5, 0.6) is 5.75 Å². The number of fused-ring (bicyclic) bond motifs is 1. The van der Waals surface area contributed by atoms with Crippen LogP contribution in [-0.4, -0.2) is 34.0 Å². The van der Waals surface area contributed by atoms with Crippen molar-refractivity contribution in [2.75, 3.05) is 6.54 Å². The number of carboxylic acids is 1. The van der Waals surface area contributed by atoms with Crippen molar-refractivity contribution in [3.05, 3.63) is 98.5 Å². The van der Waals surface area contributed by atoms with Gasteiger partial charge in [0.2, 0.25) is 0 Å². The largest absolute Gasteiger partial charge is 0.487 e. The summed E-state index contributed by atoms with van der Waals surface area (Å²) in [6.45, 7) is 6.65. The minimum atomic E-state index is -0.977. The van der Waals surface area contributed by atoms with Gasteiger partial charge in [0.05, 0.1) is 16.5 Å². The number of hydrogen-bond acceptors (Lipinski definition) is 3. The highest BCUT2D eigenvalue weighted by atomic mass is 35.5. The smallest absolute Gasteiger partial charge is 0.305 e. The van der Waals surface area contributed by atoms with Gasteiger partial charge in [-0.1, -0.05) is 73.4 Å². The van der Waals surface area contributed by atoms with Crippen LogP contribution in [0.15, 0.2) is 60.7 Å². The monoisotopic (exact) mass is 539 g/mol. The normalized spacial score (nSPS) is 16.4. The van der Waals surface area contributed by atoms with Crippen LogP contribution in [0.2, 0.25) is 10.0 Å². The highest BCUT2D eigenvalue weighted by molar-refractivity contribution is 6.42. The number of carbonyl (C=O) groups excluding carboxylic acids is 1. The molecule has 3 aromatic carbocycles. The van der Waals surface area contributed by atoms with Gasteiger partial charge in [0.1, 0.15) is 11.4 Å². The zero-order chi connectivity index (χ0) is 26.7. The average Bonchev–Trinajstić information content (AvgIpc) is 3.18. The molecule has 1 aliphatic heterocycles. The molecule has 0 radical (unpaired) electrons. The lowest BCUT2D eigenvalue weighted by Gasteiger charge is -2.24. The number of aliphatic carboxylic acids is 1. The number of rotatable bonds is 9. The van der Waals surface area contributed by atoms with Crippen LogP contribution >= 0.6 is 23.2 Å². The zero-order valence-corrected chi connectivity index (χ0v) is 22.8. The van der Waals surface area contributed by atoms with Gasteiger partial charge in [-0.2, -0.15) is 0 Å². The van der Waals surface area contributed by atoms with Crippen LogP contribution in [0, 0.1) is 0 Å². The zero-order valence-electron chi connectivity index (χ0n) is 21.3. The van der Waals surface area contributed by atoms with Crippen LogP contribution in [0.4, 0.5) is 0 Å². The molecule has 1 unspecified atom stereocenters. The van der Waals surface area contributed by atoms with Gasteiger partial charge in [0.25, 0.3) is 5.91 Å². The van der Waals surface area contributed by atoms with E-state index < -0.39 is 11.6 Å². The molecule has 194 valence electrons. The second-order valence-corrected chi connectivity index (χ2v) is 11.0. The van der Waals surface area contributed by atoms with E-state index in [0.29, 0.717) is 33.5 Å². The summed E-state index contributed by atoms with van der Waals surface area (Å²) in [5.41, 5.74) is 4.20. The summed E-state index contributed by atoms with van der Waals surface area (Å²) in [4.78, 5) is 26.3. The average molecular weight is 540 g/mol. The van der Waals surface area contributed by atoms with E-state index in [-0.39, 0.29) is 25.4 Å².